The first-order valence-electron chi connectivity index (χ1n) is 5.20. The van der Waals surface area contributed by atoms with Crippen LogP contribution in [0, 0.1) is 5.82 Å². The van der Waals surface area contributed by atoms with Crippen LogP contribution in [0.1, 0.15) is 17.4 Å². The Hall–Kier alpha value is -1.88. The predicted molar refractivity (Wildman–Crippen MR) is 62.9 cm³/mol. The molecule has 0 aliphatic rings. The van der Waals surface area contributed by atoms with E-state index in [-0.39, 0.29) is 28.6 Å². The van der Waals surface area contributed by atoms with Gasteiger partial charge in [-0.25, -0.2) is 14.2 Å². The highest BCUT2D eigenvalue weighted by molar-refractivity contribution is 6.33. The van der Waals surface area contributed by atoms with Crippen LogP contribution >= 0.6 is 11.6 Å². The minimum absolute atomic E-state index is 0.000260. The molecule has 1 aromatic heterocycles. The Balaban J connectivity index is 2.52. The summed E-state index contributed by atoms with van der Waals surface area (Å²) in [6.07, 6.45) is 1.05. The van der Waals surface area contributed by atoms with Gasteiger partial charge in [-0.3, -0.25) is 0 Å². The molecule has 2 rings (SSSR count). The van der Waals surface area contributed by atoms with Gasteiger partial charge in [0.25, 0.3) is 0 Å². The Morgan fingerprint density at radius 1 is 1.56 bits per heavy atom. The topological polar surface area (TPSA) is 52.3 Å². The summed E-state index contributed by atoms with van der Waals surface area (Å²) >= 11 is 5.89. The molecule has 1 heterocycles. The van der Waals surface area contributed by atoms with Gasteiger partial charge in [-0.15, -0.1) is 0 Å². The quantitative estimate of drug-likeness (QED) is 0.802. The number of carbonyl (C=O) groups excluding carboxylic acids is 1. The molecule has 18 heavy (non-hydrogen) atoms. The van der Waals surface area contributed by atoms with Gasteiger partial charge in [0.1, 0.15) is 5.82 Å². The van der Waals surface area contributed by atoms with Crippen LogP contribution in [0.3, 0.4) is 0 Å². The highest BCUT2D eigenvalue weighted by atomic mass is 35.5. The van der Waals surface area contributed by atoms with E-state index in [2.05, 4.69) is 4.98 Å². The SMILES string of the molecule is CCOC(=O)c1ncoc1-c1c(F)cccc1Cl. The summed E-state index contributed by atoms with van der Waals surface area (Å²) < 4.78 is 23.6. The number of aromatic nitrogens is 1. The summed E-state index contributed by atoms with van der Waals surface area (Å²) in [6, 6.07) is 4.18. The van der Waals surface area contributed by atoms with Crippen molar-refractivity contribution in [2.24, 2.45) is 0 Å². The molecule has 0 saturated heterocycles. The predicted octanol–water partition coefficient (Wildman–Crippen LogP) is 3.31. The van der Waals surface area contributed by atoms with Gasteiger partial charge in [0.05, 0.1) is 17.2 Å². The third-order valence-electron chi connectivity index (χ3n) is 2.23. The summed E-state index contributed by atoms with van der Waals surface area (Å²) in [7, 11) is 0. The summed E-state index contributed by atoms with van der Waals surface area (Å²) in [5.74, 6) is -1.30. The lowest BCUT2D eigenvalue weighted by Crippen LogP contribution is -2.06. The van der Waals surface area contributed by atoms with Crippen LogP contribution in [0.5, 0.6) is 0 Å². The van der Waals surface area contributed by atoms with Crippen LogP contribution in [-0.2, 0) is 4.74 Å². The molecule has 0 aliphatic heterocycles. The monoisotopic (exact) mass is 269 g/mol. The summed E-state index contributed by atoms with van der Waals surface area (Å²) in [6.45, 7) is 1.85. The number of carbonyl (C=O) groups is 1. The third-order valence-corrected chi connectivity index (χ3v) is 2.54. The minimum Gasteiger partial charge on any atom is -0.461 e. The zero-order chi connectivity index (χ0) is 13.1. The second kappa shape index (κ2) is 5.18. The lowest BCUT2D eigenvalue weighted by molar-refractivity contribution is 0.0520. The van der Waals surface area contributed by atoms with Crippen molar-refractivity contribution in [3.05, 3.63) is 41.1 Å². The highest BCUT2D eigenvalue weighted by Gasteiger charge is 2.23. The van der Waals surface area contributed by atoms with Gasteiger partial charge in [0.15, 0.2) is 17.8 Å². The van der Waals surface area contributed by atoms with E-state index in [1.807, 2.05) is 0 Å². The number of rotatable bonds is 3. The maximum Gasteiger partial charge on any atom is 0.360 e. The average molecular weight is 270 g/mol. The molecule has 0 saturated carbocycles. The Kier molecular flexibility index (Phi) is 3.62. The molecule has 0 N–H and O–H groups in total. The summed E-state index contributed by atoms with van der Waals surface area (Å²) in [4.78, 5) is 15.3. The van der Waals surface area contributed by atoms with E-state index in [0.29, 0.717) is 0 Å². The van der Waals surface area contributed by atoms with Crippen molar-refractivity contribution >= 4 is 17.6 Å². The van der Waals surface area contributed by atoms with Crippen molar-refractivity contribution in [2.75, 3.05) is 6.61 Å². The molecule has 0 fully saturated rings. The zero-order valence-corrected chi connectivity index (χ0v) is 10.2. The molecule has 0 aliphatic carbocycles. The highest BCUT2D eigenvalue weighted by Crippen LogP contribution is 2.32. The minimum atomic E-state index is -0.680. The van der Waals surface area contributed by atoms with Gasteiger partial charge >= 0.3 is 5.97 Å². The van der Waals surface area contributed by atoms with E-state index in [4.69, 9.17) is 20.8 Å². The molecule has 2 aromatic rings. The number of hydrogen-bond acceptors (Lipinski definition) is 4. The van der Waals surface area contributed by atoms with E-state index in [9.17, 15) is 9.18 Å². The van der Waals surface area contributed by atoms with Crippen LogP contribution in [0.15, 0.2) is 29.0 Å². The maximum absolute atomic E-state index is 13.7. The second-order valence-corrected chi connectivity index (χ2v) is 3.75. The lowest BCUT2D eigenvalue weighted by atomic mass is 10.1. The molecule has 0 amide bonds. The van der Waals surface area contributed by atoms with Gasteiger partial charge in [-0.2, -0.15) is 0 Å². The van der Waals surface area contributed by atoms with Crippen molar-refractivity contribution in [3.8, 4) is 11.3 Å². The molecule has 4 nitrogen and oxygen atoms in total. The normalized spacial score (nSPS) is 10.4. The molecule has 0 atom stereocenters. The number of ether oxygens (including phenoxy) is 1. The fraction of sp³-hybridized carbons (Fsp3) is 0.167. The number of esters is 1. The first-order chi connectivity index (χ1) is 8.65. The summed E-state index contributed by atoms with van der Waals surface area (Å²) in [5.41, 5.74) is -0.0939. The van der Waals surface area contributed by atoms with Crippen molar-refractivity contribution in [1.29, 1.82) is 0 Å². The molecule has 1 aromatic carbocycles. The Labute approximate surface area is 107 Å². The van der Waals surface area contributed by atoms with Crippen molar-refractivity contribution in [1.82, 2.24) is 4.98 Å². The molecule has 0 bridgehead atoms. The lowest BCUT2D eigenvalue weighted by Gasteiger charge is -2.04. The zero-order valence-electron chi connectivity index (χ0n) is 9.44. The standard InChI is InChI=1S/C12H9ClFNO3/c1-2-17-12(16)10-11(18-6-15-10)9-7(13)4-3-5-8(9)14/h3-6H,2H2,1H3. The van der Waals surface area contributed by atoms with E-state index in [1.165, 1.54) is 18.2 Å². The molecular weight excluding hydrogens is 261 g/mol. The number of hydrogen-bond donors (Lipinski definition) is 0. The fourth-order valence-electron chi connectivity index (χ4n) is 1.48. The smallest absolute Gasteiger partial charge is 0.360 e. The first kappa shape index (κ1) is 12.6. The van der Waals surface area contributed by atoms with Gasteiger partial charge in [0, 0.05) is 0 Å². The van der Waals surface area contributed by atoms with E-state index < -0.39 is 11.8 Å². The summed E-state index contributed by atoms with van der Waals surface area (Å²) in [5, 5.41) is 0.136. The van der Waals surface area contributed by atoms with E-state index in [1.54, 1.807) is 6.92 Å². The molecule has 0 radical (unpaired) electrons. The third kappa shape index (κ3) is 2.22. The Bertz CT molecular complexity index is 562. The van der Waals surface area contributed by atoms with E-state index in [0.717, 1.165) is 6.39 Å². The number of halogens is 2. The second-order valence-electron chi connectivity index (χ2n) is 3.35. The van der Waals surface area contributed by atoms with Crippen LogP contribution in [-0.4, -0.2) is 17.6 Å². The molecular formula is C12H9ClFNO3. The van der Waals surface area contributed by atoms with Crippen molar-refractivity contribution in [3.63, 3.8) is 0 Å². The first-order valence-corrected chi connectivity index (χ1v) is 5.58. The number of nitrogens with zero attached hydrogens (tertiary/aromatic N) is 1. The molecule has 6 heteroatoms. The number of oxazole rings is 1. The van der Waals surface area contributed by atoms with Crippen molar-refractivity contribution in [2.45, 2.75) is 6.92 Å². The number of benzene rings is 1. The van der Waals surface area contributed by atoms with Crippen LogP contribution in [0.4, 0.5) is 4.39 Å². The van der Waals surface area contributed by atoms with Crippen LogP contribution in [0.25, 0.3) is 11.3 Å². The van der Waals surface area contributed by atoms with Crippen LogP contribution < -0.4 is 0 Å². The van der Waals surface area contributed by atoms with Gasteiger partial charge in [0.2, 0.25) is 0 Å². The van der Waals surface area contributed by atoms with Gasteiger partial charge in [-0.1, -0.05) is 17.7 Å². The molecule has 0 spiro atoms. The van der Waals surface area contributed by atoms with E-state index >= 15 is 0 Å². The fourth-order valence-corrected chi connectivity index (χ4v) is 1.73. The van der Waals surface area contributed by atoms with Crippen LogP contribution in [0.2, 0.25) is 5.02 Å². The molecule has 0 unspecified atom stereocenters. The Morgan fingerprint density at radius 3 is 3.00 bits per heavy atom. The molecule has 94 valence electrons. The Morgan fingerprint density at radius 2 is 2.33 bits per heavy atom. The average Bonchev–Trinajstić information content (AvgIpc) is 2.78. The largest absolute Gasteiger partial charge is 0.461 e. The van der Waals surface area contributed by atoms with Crippen molar-refractivity contribution < 1.29 is 18.3 Å². The van der Waals surface area contributed by atoms with Gasteiger partial charge < -0.3 is 9.15 Å². The maximum atomic E-state index is 13.7. The van der Waals surface area contributed by atoms with Gasteiger partial charge in [-0.05, 0) is 19.1 Å².